The lowest BCUT2D eigenvalue weighted by Crippen LogP contribution is -2.29. The van der Waals surface area contributed by atoms with Crippen molar-refractivity contribution < 1.29 is 17.9 Å². The van der Waals surface area contributed by atoms with E-state index in [4.69, 9.17) is 0 Å². The molecule has 1 aromatic carbocycles. The third kappa shape index (κ3) is 4.66. The average Bonchev–Trinajstić information content (AvgIpc) is 2.94. The largest absolute Gasteiger partial charge is 0.573 e. The number of nitrogens with one attached hydrogen (secondary N) is 1. The van der Waals surface area contributed by atoms with E-state index in [2.05, 4.69) is 20.3 Å². The quantitative estimate of drug-likeness (QED) is 0.815. The van der Waals surface area contributed by atoms with Crippen LogP contribution in [-0.2, 0) is 12.8 Å². The number of ether oxygens (including phenoxy) is 1. The molecule has 2 heterocycles. The smallest absolute Gasteiger partial charge is 0.405 e. The maximum Gasteiger partial charge on any atom is 0.573 e. The van der Waals surface area contributed by atoms with Gasteiger partial charge in [0.2, 0.25) is 0 Å². The predicted octanol–water partition coefficient (Wildman–Crippen LogP) is 3.47. The van der Waals surface area contributed by atoms with Crippen molar-refractivity contribution in [3.05, 3.63) is 35.7 Å². The maximum absolute atomic E-state index is 12.5. The highest BCUT2D eigenvalue weighted by molar-refractivity contribution is 7.98. The molecule has 1 aromatic heterocycles. The van der Waals surface area contributed by atoms with Gasteiger partial charge < -0.3 is 14.6 Å². The van der Waals surface area contributed by atoms with Crippen LogP contribution in [0.5, 0.6) is 5.75 Å². The number of halogens is 3. The Hall–Kier alpha value is -1.74. The van der Waals surface area contributed by atoms with Gasteiger partial charge in [0.25, 0.3) is 0 Å². The summed E-state index contributed by atoms with van der Waals surface area (Å²) in [6, 6.07) is 6.15. The summed E-state index contributed by atoms with van der Waals surface area (Å²) in [7, 11) is 1.89. The number of rotatable bonds is 5. The molecule has 9 heteroatoms. The van der Waals surface area contributed by atoms with E-state index in [1.165, 1.54) is 23.9 Å². The van der Waals surface area contributed by atoms with Crippen LogP contribution in [0.25, 0.3) is 0 Å². The first-order valence-electron chi connectivity index (χ1n) is 8.00. The molecule has 136 valence electrons. The summed E-state index contributed by atoms with van der Waals surface area (Å²) in [5.41, 5.74) is 0.466. The summed E-state index contributed by atoms with van der Waals surface area (Å²) in [4.78, 5) is 0. The molecule has 2 aromatic rings. The van der Waals surface area contributed by atoms with Crippen LogP contribution in [0.1, 0.15) is 30.1 Å². The third-order valence-corrected chi connectivity index (χ3v) is 5.15. The van der Waals surface area contributed by atoms with Crippen LogP contribution < -0.4 is 10.1 Å². The van der Waals surface area contributed by atoms with Gasteiger partial charge in [-0.15, -0.1) is 23.4 Å². The Morgan fingerprint density at radius 3 is 2.84 bits per heavy atom. The molecule has 1 atom stereocenters. The summed E-state index contributed by atoms with van der Waals surface area (Å²) in [6.45, 7) is 1.89. The topological polar surface area (TPSA) is 52.0 Å². The second-order valence-corrected chi connectivity index (χ2v) is 6.83. The van der Waals surface area contributed by atoms with Gasteiger partial charge in [-0.25, -0.2) is 0 Å². The van der Waals surface area contributed by atoms with Crippen LogP contribution in [0, 0.1) is 0 Å². The van der Waals surface area contributed by atoms with Gasteiger partial charge in [-0.05, 0) is 25.5 Å². The molecule has 3 rings (SSSR count). The van der Waals surface area contributed by atoms with Crippen LogP contribution in [0.2, 0.25) is 0 Å². The minimum absolute atomic E-state index is 0.179. The zero-order valence-electron chi connectivity index (χ0n) is 13.7. The summed E-state index contributed by atoms with van der Waals surface area (Å²) < 4.78 is 43.5. The van der Waals surface area contributed by atoms with Crippen LogP contribution >= 0.6 is 11.8 Å². The standard InChI is InChI=1S/C16H19F3N4OS/c1-23-14(11-6-4-8-20-9-11)21-22-15(23)25-10-12-5-2-3-7-13(12)24-16(17,18)19/h2-3,5,7,11,20H,4,6,8-10H2,1H3/t11-/m0/s1. The molecular formula is C16H19F3N4OS. The number of hydrogen-bond acceptors (Lipinski definition) is 5. The Kier molecular flexibility index (Phi) is 5.53. The molecule has 1 N–H and O–H groups in total. The van der Waals surface area contributed by atoms with Crippen molar-refractivity contribution in [1.82, 2.24) is 20.1 Å². The fourth-order valence-electron chi connectivity index (χ4n) is 2.87. The summed E-state index contributed by atoms with van der Waals surface area (Å²) in [6.07, 6.45) is -2.54. The number of para-hydroxylation sites is 1. The van der Waals surface area contributed by atoms with Gasteiger partial charge in [-0.2, -0.15) is 0 Å². The fraction of sp³-hybridized carbons (Fsp3) is 0.500. The number of nitrogens with zero attached hydrogens (tertiary/aromatic N) is 3. The van der Waals surface area contributed by atoms with Crippen LogP contribution in [-0.4, -0.2) is 34.2 Å². The number of thioether (sulfide) groups is 1. The molecule has 0 amide bonds. The van der Waals surface area contributed by atoms with Gasteiger partial charge >= 0.3 is 6.36 Å². The van der Waals surface area contributed by atoms with Gasteiger partial charge in [0.05, 0.1) is 0 Å². The SMILES string of the molecule is Cn1c(SCc2ccccc2OC(F)(F)F)nnc1[C@H]1CCCNC1. The number of benzene rings is 1. The minimum Gasteiger partial charge on any atom is -0.405 e. The van der Waals surface area contributed by atoms with Crippen molar-refractivity contribution in [3.63, 3.8) is 0 Å². The lowest BCUT2D eigenvalue weighted by Gasteiger charge is -2.21. The third-order valence-electron chi connectivity index (χ3n) is 4.09. The number of aromatic nitrogens is 3. The van der Waals surface area contributed by atoms with E-state index < -0.39 is 6.36 Å². The Bertz CT molecular complexity index is 714. The lowest BCUT2D eigenvalue weighted by molar-refractivity contribution is -0.274. The van der Waals surface area contributed by atoms with Crippen molar-refractivity contribution in [2.75, 3.05) is 13.1 Å². The predicted molar refractivity (Wildman–Crippen MR) is 88.5 cm³/mol. The number of alkyl halides is 3. The molecule has 0 bridgehead atoms. The van der Waals surface area contributed by atoms with E-state index >= 15 is 0 Å². The Labute approximate surface area is 148 Å². The Balaban J connectivity index is 1.69. The molecule has 1 fully saturated rings. The first-order chi connectivity index (χ1) is 11.9. The first-order valence-corrected chi connectivity index (χ1v) is 8.99. The number of hydrogen-bond donors (Lipinski definition) is 1. The van der Waals surface area contributed by atoms with Crippen molar-refractivity contribution in [1.29, 1.82) is 0 Å². The van der Waals surface area contributed by atoms with Gasteiger partial charge in [-0.1, -0.05) is 30.0 Å². The van der Waals surface area contributed by atoms with E-state index in [0.29, 0.717) is 22.4 Å². The Morgan fingerprint density at radius 1 is 1.32 bits per heavy atom. The van der Waals surface area contributed by atoms with Crippen LogP contribution in [0.15, 0.2) is 29.4 Å². The molecule has 25 heavy (non-hydrogen) atoms. The lowest BCUT2D eigenvalue weighted by atomic mass is 9.99. The first kappa shape index (κ1) is 18.1. The molecule has 1 aliphatic heterocycles. The summed E-state index contributed by atoms with van der Waals surface area (Å²) >= 11 is 1.35. The zero-order chi connectivity index (χ0) is 17.9. The second-order valence-electron chi connectivity index (χ2n) is 5.89. The molecule has 1 aliphatic rings. The Morgan fingerprint density at radius 2 is 2.12 bits per heavy atom. The molecule has 0 radical (unpaired) electrons. The van der Waals surface area contributed by atoms with Crippen molar-refractivity contribution >= 4 is 11.8 Å². The highest BCUT2D eigenvalue weighted by Crippen LogP contribution is 2.31. The van der Waals surface area contributed by atoms with Crippen molar-refractivity contribution in [3.8, 4) is 5.75 Å². The summed E-state index contributed by atoms with van der Waals surface area (Å²) in [5.74, 6) is 1.37. The molecule has 5 nitrogen and oxygen atoms in total. The minimum atomic E-state index is -4.70. The molecule has 0 saturated carbocycles. The van der Waals surface area contributed by atoms with Gasteiger partial charge in [0, 0.05) is 30.8 Å². The van der Waals surface area contributed by atoms with Gasteiger partial charge in [0.1, 0.15) is 11.6 Å². The van der Waals surface area contributed by atoms with Crippen molar-refractivity contribution in [2.45, 2.75) is 36.0 Å². The number of piperidine rings is 1. The molecular weight excluding hydrogens is 353 g/mol. The zero-order valence-corrected chi connectivity index (χ0v) is 14.5. The molecule has 0 unspecified atom stereocenters. The summed E-state index contributed by atoms with van der Waals surface area (Å²) in [5, 5.41) is 12.5. The normalized spacial score (nSPS) is 18.3. The van der Waals surface area contributed by atoms with E-state index in [0.717, 1.165) is 31.8 Å². The monoisotopic (exact) mass is 372 g/mol. The maximum atomic E-state index is 12.5. The van der Waals surface area contributed by atoms with E-state index in [1.807, 2.05) is 11.6 Å². The van der Waals surface area contributed by atoms with E-state index in [9.17, 15) is 13.2 Å². The van der Waals surface area contributed by atoms with E-state index in [1.54, 1.807) is 12.1 Å². The fourth-order valence-corrected chi connectivity index (χ4v) is 3.78. The van der Waals surface area contributed by atoms with Crippen LogP contribution in [0.4, 0.5) is 13.2 Å². The van der Waals surface area contributed by atoms with Crippen LogP contribution in [0.3, 0.4) is 0 Å². The average molecular weight is 372 g/mol. The van der Waals surface area contributed by atoms with Gasteiger partial charge in [-0.3, -0.25) is 0 Å². The van der Waals surface area contributed by atoms with Gasteiger partial charge in [0.15, 0.2) is 5.16 Å². The highest BCUT2D eigenvalue weighted by Gasteiger charge is 2.32. The second kappa shape index (κ2) is 7.65. The van der Waals surface area contributed by atoms with E-state index in [-0.39, 0.29) is 5.75 Å². The highest BCUT2D eigenvalue weighted by atomic mass is 32.2. The molecule has 0 spiro atoms. The van der Waals surface area contributed by atoms with Crippen molar-refractivity contribution in [2.24, 2.45) is 7.05 Å². The molecule has 0 aliphatic carbocycles. The molecule has 1 saturated heterocycles.